The number of aromatic nitrogens is 2. The molecule has 0 radical (unpaired) electrons. The molecule has 1 heterocycles. The zero-order chi connectivity index (χ0) is 14.1. The highest BCUT2D eigenvalue weighted by atomic mass is 15.1. The van der Waals surface area contributed by atoms with Gasteiger partial charge in [-0.3, -0.25) is 0 Å². The maximum atomic E-state index is 5.94. The predicted molar refractivity (Wildman–Crippen MR) is 81.4 cm³/mol. The highest BCUT2D eigenvalue weighted by Crippen LogP contribution is 2.10. The number of anilines is 2. The van der Waals surface area contributed by atoms with Gasteiger partial charge in [0.25, 0.3) is 0 Å². The largest absolute Gasteiger partial charge is 0.370 e. The van der Waals surface area contributed by atoms with Crippen LogP contribution in [0, 0.1) is 0 Å². The summed E-state index contributed by atoms with van der Waals surface area (Å²) in [5.74, 6) is 1.72. The van der Waals surface area contributed by atoms with Crippen molar-refractivity contribution in [3.05, 3.63) is 12.4 Å². The minimum atomic E-state index is -0.152. The van der Waals surface area contributed by atoms with E-state index in [4.69, 9.17) is 5.73 Å². The molecule has 1 aromatic rings. The lowest BCUT2D eigenvalue weighted by Gasteiger charge is -2.18. The molecule has 19 heavy (non-hydrogen) atoms. The Bertz CT molecular complexity index is 359. The van der Waals surface area contributed by atoms with E-state index in [-0.39, 0.29) is 5.54 Å². The van der Waals surface area contributed by atoms with E-state index in [1.54, 1.807) is 6.33 Å². The van der Waals surface area contributed by atoms with Crippen LogP contribution < -0.4 is 16.4 Å². The summed E-state index contributed by atoms with van der Waals surface area (Å²) in [5, 5.41) is 6.58. The number of unbranched alkanes of at least 4 members (excludes halogenated alkanes) is 2. The van der Waals surface area contributed by atoms with E-state index in [9.17, 15) is 0 Å². The molecule has 1 rings (SSSR count). The Labute approximate surface area is 116 Å². The summed E-state index contributed by atoms with van der Waals surface area (Å²) in [4.78, 5) is 8.41. The molecule has 4 N–H and O–H groups in total. The highest BCUT2D eigenvalue weighted by Gasteiger charge is 2.09. The Hall–Kier alpha value is -1.36. The van der Waals surface area contributed by atoms with Crippen molar-refractivity contribution in [2.75, 3.05) is 23.7 Å². The number of rotatable bonds is 9. The van der Waals surface area contributed by atoms with E-state index in [0.717, 1.165) is 31.1 Å². The van der Waals surface area contributed by atoms with Crippen LogP contribution in [0.4, 0.5) is 11.6 Å². The lowest BCUT2D eigenvalue weighted by Crippen LogP contribution is -2.34. The van der Waals surface area contributed by atoms with E-state index >= 15 is 0 Å². The number of nitrogens with one attached hydrogen (secondary N) is 2. The van der Waals surface area contributed by atoms with Gasteiger partial charge in [0.2, 0.25) is 0 Å². The summed E-state index contributed by atoms with van der Waals surface area (Å²) in [6, 6.07) is 1.94. The quantitative estimate of drug-likeness (QED) is 0.598. The number of hydrogen-bond acceptors (Lipinski definition) is 5. The fourth-order valence-electron chi connectivity index (χ4n) is 1.65. The zero-order valence-electron chi connectivity index (χ0n) is 12.4. The van der Waals surface area contributed by atoms with Crippen molar-refractivity contribution in [2.24, 2.45) is 5.73 Å². The Morgan fingerprint density at radius 1 is 1.11 bits per heavy atom. The molecule has 5 heteroatoms. The molecule has 0 saturated heterocycles. The van der Waals surface area contributed by atoms with Gasteiger partial charge in [0.05, 0.1) is 0 Å². The van der Waals surface area contributed by atoms with Crippen molar-refractivity contribution in [1.29, 1.82) is 0 Å². The van der Waals surface area contributed by atoms with Gasteiger partial charge < -0.3 is 16.4 Å². The number of hydrogen-bond donors (Lipinski definition) is 3. The smallest absolute Gasteiger partial charge is 0.131 e. The molecule has 0 atom stereocenters. The van der Waals surface area contributed by atoms with Gasteiger partial charge in [0, 0.05) is 24.7 Å². The minimum absolute atomic E-state index is 0.152. The van der Waals surface area contributed by atoms with Crippen LogP contribution in [0.25, 0.3) is 0 Å². The van der Waals surface area contributed by atoms with Crippen LogP contribution in [0.3, 0.4) is 0 Å². The average Bonchev–Trinajstić information content (AvgIpc) is 2.34. The normalized spacial score (nSPS) is 11.4. The topological polar surface area (TPSA) is 75.9 Å². The summed E-state index contributed by atoms with van der Waals surface area (Å²) in [5.41, 5.74) is 5.79. The van der Waals surface area contributed by atoms with Gasteiger partial charge in [-0.05, 0) is 26.7 Å². The molecule has 0 unspecified atom stereocenters. The first-order valence-electron chi connectivity index (χ1n) is 7.10. The Morgan fingerprint density at radius 3 is 2.32 bits per heavy atom. The van der Waals surface area contributed by atoms with Crippen LogP contribution in [0.5, 0.6) is 0 Å². The van der Waals surface area contributed by atoms with Gasteiger partial charge in [-0.1, -0.05) is 19.8 Å². The monoisotopic (exact) mass is 265 g/mol. The molecule has 1 aromatic heterocycles. The molecule has 5 nitrogen and oxygen atoms in total. The fraction of sp³-hybridized carbons (Fsp3) is 0.714. The number of nitrogens with two attached hydrogens (primary N) is 1. The van der Waals surface area contributed by atoms with Gasteiger partial charge in [-0.2, -0.15) is 0 Å². The predicted octanol–water partition coefficient (Wildman–Crippen LogP) is 2.62. The van der Waals surface area contributed by atoms with Crippen molar-refractivity contribution < 1.29 is 0 Å². The van der Waals surface area contributed by atoms with Crippen molar-refractivity contribution in [1.82, 2.24) is 9.97 Å². The zero-order valence-corrected chi connectivity index (χ0v) is 12.4. The van der Waals surface area contributed by atoms with Crippen molar-refractivity contribution in [2.45, 2.75) is 52.0 Å². The molecule has 0 aliphatic rings. The minimum Gasteiger partial charge on any atom is -0.370 e. The van der Waals surface area contributed by atoms with Crippen molar-refractivity contribution >= 4 is 11.6 Å². The second-order valence-corrected chi connectivity index (χ2v) is 5.59. The van der Waals surface area contributed by atoms with Crippen LogP contribution in [0.2, 0.25) is 0 Å². The van der Waals surface area contributed by atoms with Crippen molar-refractivity contribution in [3.63, 3.8) is 0 Å². The van der Waals surface area contributed by atoms with E-state index < -0.39 is 0 Å². The third kappa shape index (κ3) is 7.62. The third-order valence-corrected chi connectivity index (χ3v) is 2.83. The molecule has 0 saturated carbocycles. The Balaban J connectivity index is 2.35. The molecular formula is C14H27N5. The van der Waals surface area contributed by atoms with Gasteiger partial charge >= 0.3 is 0 Å². The summed E-state index contributed by atoms with van der Waals surface area (Å²) < 4.78 is 0. The van der Waals surface area contributed by atoms with Crippen LogP contribution in [-0.4, -0.2) is 28.6 Å². The molecule has 0 aromatic carbocycles. The summed E-state index contributed by atoms with van der Waals surface area (Å²) in [6.45, 7) is 8.02. The van der Waals surface area contributed by atoms with Crippen molar-refractivity contribution in [3.8, 4) is 0 Å². The average molecular weight is 265 g/mol. The van der Waals surface area contributed by atoms with Gasteiger partial charge in [0.15, 0.2) is 0 Å². The summed E-state index contributed by atoms with van der Waals surface area (Å²) in [6.07, 6.45) is 6.13. The first-order chi connectivity index (χ1) is 9.01. The second kappa shape index (κ2) is 7.94. The summed E-state index contributed by atoms with van der Waals surface area (Å²) in [7, 11) is 0. The number of nitrogens with zero attached hydrogens (tertiary/aromatic N) is 2. The molecule has 0 aliphatic heterocycles. The van der Waals surface area contributed by atoms with Gasteiger partial charge in [-0.15, -0.1) is 0 Å². The standard InChI is InChI=1S/C14H27N5/c1-4-5-6-8-16-12-10-13(19-11-18-12)17-9-7-14(2,3)15/h10-11H,4-9,15H2,1-3H3,(H2,16,17,18,19). The van der Waals surface area contributed by atoms with E-state index in [0.29, 0.717) is 0 Å². The van der Waals surface area contributed by atoms with E-state index in [1.807, 2.05) is 19.9 Å². The maximum Gasteiger partial charge on any atom is 0.131 e. The first-order valence-corrected chi connectivity index (χ1v) is 7.10. The second-order valence-electron chi connectivity index (χ2n) is 5.59. The maximum absolute atomic E-state index is 5.94. The van der Waals surface area contributed by atoms with E-state index in [1.165, 1.54) is 19.3 Å². The lowest BCUT2D eigenvalue weighted by molar-refractivity contribution is 0.490. The van der Waals surface area contributed by atoms with Crippen LogP contribution >= 0.6 is 0 Å². The molecule has 0 aliphatic carbocycles. The third-order valence-electron chi connectivity index (χ3n) is 2.83. The molecule has 108 valence electrons. The van der Waals surface area contributed by atoms with Crippen LogP contribution in [0.1, 0.15) is 46.5 Å². The molecular weight excluding hydrogens is 238 g/mol. The first kappa shape index (κ1) is 15.7. The van der Waals surface area contributed by atoms with Crippen LogP contribution in [-0.2, 0) is 0 Å². The Kier molecular flexibility index (Phi) is 6.56. The highest BCUT2D eigenvalue weighted by molar-refractivity contribution is 5.46. The summed E-state index contributed by atoms with van der Waals surface area (Å²) >= 11 is 0. The van der Waals surface area contributed by atoms with Gasteiger partial charge in [-0.25, -0.2) is 9.97 Å². The molecule has 0 spiro atoms. The Morgan fingerprint density at radius 2 is 1.74 bits per heavy atom. The van der Waals surface area contributed by atoms with E-state index in [2.05, 4.69) is 27.5 Å². The van der Waals surface area contributed by atoms with Gasteiger partial charge in [0.1, 0.15) is 18.0 Å². The fourth-order valence-corrected chi connectivity index (χ4v) is 1.65. The van der Waals surface area contributed by atoms with Crippen LogP contribution in [0.15, 0.2) is 12.4 Å². The molecule has 0 amide bonds. The molecule has 0 bridgehead atoms. The lowest BCUT2D eigenvalue weighted by atomic mass is 10.0. The SMILES string of the molecule is CCCCCNc1cc(NCCC(C)(C)N)ncn1. The molecule has 0 fully saturated rings.